The monoisotopic (exact) mass is 293 g/mol. The summed E-state index contributed by atoms with van der Waals surface area (Å²) in [4.78, 5) is 2.33. The molecule has 1 saturated heterocycles. The molecule has 1 aromatic rings. The molecule has 90 valence electrons. The fourth-order valence-corrected chi connectivity index (χ4v) is 2.60. The van der Waals surface area contributed by atoms with E-state index in [-0.39, 0.29) is 6.04 Å². The second-order valence-corrected chi connectivity index (χ2v) is 5.37. The second-order valence-electron chi connectivity index (χ2n) is 4.46. The van der Waals surface area contributed by atoms with Gasteiger partial charge in [0, 0.05) is 29.3 Å². The van der Waals surface area contributed by atoms with Crippen molar-refractivity contribution in [3.63, 3.8) is 0 Å². The van der Waals surface area contributed by atoms with Crippen molar-refractivity contribution in [1.82, 2.24) is 5.32 Å². The van der Waals surface area contributed by atoms with Crippen molar-refractivity contribution in [2.24, 2.45) is 0 Å². The van der Waals surface area contributed by atoms with Crippen LogP contribution < -0.4 is 10.2 Å². The van der Waals surface area contributed by atoms with Gasteiger partial charge in [0.1, 0.15) is 0 Å². The molecule has 0 spiro atoms. The minimum absolute atomic E-state index is 0.269. The van der Waals surface area contributed by atoms with Crippen molar-refractivity contribution in [3.8, 4) is 6.07 Å². The highest BCUT2D eigenvalue weighted by Gasteiger charge is 2.25. The van der Waals surface area contributed by atoms with E-state index in [1.807, 2.05) is 12.1 Å². The number of nitriles is 1. The summed E-state index contributed by atoms with van der Waals surface area (Å²) in [6, 6.07) is 11.3. The molecule has 0 aliphatic carbocycles. The van der Waals surface area contributed by atoms with Crippen molar-refractivity contribution in [2.45, 2.75) is 25.4 Å². The minimum Gasteiger partial charge on any atom is -0.365 e. The Bertz CT molecular complexity index is 427. The van der Waals surface area contributed by atoms with E-state index in [0.29, 0.717) is 12.5 Å². The summed E-state index contributed by atoms with van der Waals surface area (Å²) >= 11 is 3.50. The first-order valence-electron chi connectivity index (χ1n) is 5.83. The van der Waals surface area contributed by atoms with Gasteiger partial charge in [-0.1, -0.05) is 22.0 Å². The van der Waals surface area contributed by atoms with Gasteiger partial charge in [-0.2, -0.15) is 5.26 Å². The minimum atomic E-state index is 0.269. The Labute approximate surface area is 111 Å². The Morgan fingerprint density at radius 1 is 1.59 bits per heavy atom. The van der Waals surface area contributed by atoms with Crippen molar-refractivity contribution < 1.29 is 0 Å². The Hall–Kier alpha value is -1.05. The number of piperazine rings is 1. The first kappa shape index (κ1) is 12.4. The number of nitrogens with zero attached hydrogens (tertiary/aromatic N) is 2. The molecule has 1 N–H and O–H groups in total. The zero-order valence-corrected chi connectivity index (χ0v) is 11.4. The van der Waals surface area contributed by atoms with Crippen LogP contribution in [0.15, 0.2) is 28.7 Å². The van der Waals surface area contributed by atoms with Crippen LogP contribution in [-0.4, -0.2) is 25.2 Å². The average Bonchev–Trinajstić information content (AvgIpc) is 2.32. The van der Waals surface area contributed by atoms with Gasteiger partial charge in [-0.05, 0) is 25.1 Å². The van der Waals surface area contributed by atoms with Crippen LogP contribution in [0.1, 0.15) is 13.3 Å². The number of anilines is 1. The maximum Gasteiger partial charge on any atom is 0.0643 e. The Balaban J connectivity index is 2.23. The third-order valence-electron chi connectivity index (χ3n) is 3.08. The fraction of sp³-hybridized carbons (Fsp3) is 0.462. The standard InChI is InChI=1S/C13H16BrN3/c1-10-9-17(13(5-6-15)8-16-10)12-4-2-3-11(14)7-12/h2-4,7,10,13,16H,5,8-9H2,1H3. The molecule has 1 aliphatic heterocycles. The zero-order chi connectivity index (χ0) is 12.3. The van der Waals surface area contributed by atoms with Crippen LogP contribution in [0.5, 0.6) is 0 Å². The summed E-state index contributed by atoms with van der Waals surface area (Å²) in [5.74, 6) is 0. The summed E-state index contributed by atoms with van der Waals surface area (Å²) < 4.78 is 1.08. The molecular formula is C13H16BrN3. The zero-order valence-electron chi connectivity index (χ0n) is 9.86. The van der Waals surface area contributed by atoms with Crippen molar-refractivity contribution in [3.05, 3.63) is 28.7 Å². The van der Waals surface area contributed by atoms with E-state index >= 15 is 0 Å². The number of hydrogen-bond donors (Lipinski definition) is 1. The van der Waals surface area contributed by atoms with E-state index in [0.717, 1.165) is 17.6 Å². The summed E-state index contributed by atoms with van der Waals surface area (Å²) in [7, 11) is 0. The molecule has 2 rings (SSSR count). The number of rotatable bonds is 2. The van der Waals surface area contributed by atoms with Crippen molar-refractivity contribution in [1.29, 1.82) is 5.26 Å². The lowest BCUT2D eigenvalue weighted by Gasteiger charge is -2.40. The second kappa shape index (κ2) is 5.52. The molecule has 1 fully saturated rings. The van der Waals surface area contributed by atoms with Gasteiger partial charge in [0.25, 0.3) is 0 Å². The molecular weight excluding hydrogens is 278 g/mol. The molecule has 0 radical (unpaired) electrons. The van der Waals surface area contributed by atoms with E-state index < -0.39 is 0 Å². The molecule has 17 heavy (non-hydrogen) atoms. The summed E-state index contributed by atoms with van der Waals surface area (Å²) in [5.41, 5.74) is 1.19. The maximum atomic E-state index is 8.89. The maximum absolute atomic E-state index is 8.89. The lowest BCUT2D eigenvalue weighted by Crippen LogP contribution is -2.55. The van der Waals surface area contributed by atoms with Crippen LogP contribution in [-0.2, 0) is 0 Å². The number of nitrogens with one attached hydrogen (secondary N) is 1. The Morgan fingerprint density at radius 2 is 2.41 bits per heavy atom. The van der Waals surface area contributed by atoms with Gasteiger partial charge in [0.15, 0.2) is 0 Å². The number of benzene rings is 1. The molecule has 0 aromatic heterocycles. The number of hydrogen-bond acceptors (Lipinski definition) is 3. The first-order valence-corrected chi connectivity index (χ1v) is 6.62. The summed E-state index contributed by atoms with van der Waals surface area (Å²) in [5, 5.41) is 12.3. The van der Waals surface area contributed by atoms with Gasteiger partial charge < -0.3 is 10.2 Å². The van der Waals surface area contributed by atoms with E-state index in [2.05, 4.69) is 51.3 Å². The Morgan fingerprint density at radius 3 is 3.12 bits per heavy atom. The predicted octanol–water partition coefficient (Wildman–Crippen LogP) is 2.53. The third-order valence-corrected chi connectivity index (χ3v) is 3.57. The highest BCUT2D eigenvalue weighted by molar-refractivity contribution is 9.10. The molecule has 1 aliphatic rings. The summed E-state index contributed by atoms with van der Waals surface area (Å²) in [6.45, 7) is 4.00. The normalized spacial score (nSPS) is 24.4. The predicted molar refractivity (Wildman–Crippen MR) is 73.0 cm³/mol. The molecule has 3 nitrogen and oxygen atoms in total. The molecule has 0 saturated carbocycles. The van der Waals surface area contributed by atoms with Gasteiger partial charge in [0.2, 0.25) is 0 Å². The highest BCUT2D eigenvalue weighted by Crippen LogP contribution is 2.24. The van der Waals surface area contributed by atoms with Crippen LogP contribution in [0.25, 0.3) is 0 Å². The third kappa shape index (κ3) is 2.99. The van der Waals surface area contributed by atoms with Crippen molar-refractivity contribution in [2.75, 3.05) is 18.0 Å². The molecule has 2 unspecified atom stereocenters. The quantitative estimate of drug-likeness (QED) is 0.911. The molecule has 0 amide bonds. The fourth-order valence-electron chi connectivity index (χ4n) is 2.21. The van der Waals surface area contributed by atoms with E-state index in [1.165, 1.54) is 5.69 Å². The summed E-state index contributed by atoms with van der Waals surface area (Å²) in [6.07, 6.45) is 0.562. The molecule has 4 heteroatoms. The van der Waals surface area contributed by atoms with Crippen LogP contribution in [0.2, 0.25) is 0 Å². The van der Waals surface area contributed by atoms with Crippen LogP contribution >= 0.6 is 15.9 Å². The molecule has 0 bridgehead atoms. The van der Waals surface area contributed by atoms with Gasteiger partial charge in [-0.3, -0.25) is 0 Å². The van der Waals surface area contributed by atoms with Crippen molar-refractivity contribution >= 4 is 21.6 Å². The highest BCUT2D eigenvalue weighted by atomic mass is 79.9. The Kier molecular flexibility index (Phi) is 4.03. The van der Waals surface area contributed by atoms with Crippen LogP contribution in [0, 0.1) is 11.3 Å². The molecule has 1 aromatic carbocycles. The van der Waals surface area contributed by atoms with Crippen LogP contribution in [0.3, 0.4) is 0 Å². The molecule has 2 atom stereocenters. The SMILES string of the molecule is CC1CN(c2cccc(Br)c2)C(CC#N)CN1. The van der Waals surface area contributed by atoms with E-state index in [4.69, 9.17) is 5.26 Å². The first-order chi connectivity index (χ1) is 8.20. The van der Waals surface area contributed by atoms with Gasteiger partial charge in [0.05, 0.1) is 18.5 Å². The van der Waals surface area contributed by atoms with E-state index in [1.54, 1.807) is 0 Å². The van der Waals surface area contributed by atoms with Gasteiger partial charge >= 0.3 is 0 Å². The van der Waals surface area contributed by atoms with Crippen LogP contribution in [0.4, 0.5) is 5.69 Å². The lowest BCUT2D eigenvalue weighted by atomic mass is 10.1. The van der Waals surface area contributed by atoms with Gasteiger partial charge in [-0.15, -0.1) is 0 Å². The average molecular weight is 294 g/mol. The topological polar surface area (TPSA) is 39.1 Å². The smallest absolute Gasteiger partial charge is 0.0643 e. The largest absolute Gasteiger partial charge is 0.365 e. The lowest BCUT2D eigenvalue weighted by molar-refractivity contribution is 0.412. The van der Waals surface area contributed by atoms with E-state index in [9.17, 15) is 0 Å². The number of halogens is 1. The van der Waals surface area contributed by atoms with Gasteiger partial charge in [-0.25, -0.2) is 0 Å². The molecule has 1 heterocycles.